The molecule has 15 heavy (non-hydrogen) atoms. The highest BCUT2D eigenvalue weighted by Crippen LogP contribution is 2.37. The van der Waals surface area contributed by atoms with Crippen molar-refractivity contribution in [2.24, 2.45) is 0 Å². The minimum absolute atomic E-state index is 0.591. The molecule has 0 aliphatic heterocycles. The van der Waals surface area contributed by atoms with Crippen LogP contribution in [0.25, 0.3) is 0 Å². The van der Waals surface area contributed by atoms with Gasteiger partial charge in [-0.1, -0.05) is 11.6 Å². The fourth-order valence-electron chi connectivity index (χ4n) is 1.43. The highest BCUT2D eigenvalue weighted by atomic mass is 35.5. The Kier molecular flexibility index (Phi) is 5.36. The van der Waals surface area contributed by atoms with Gasteiger partial charge in [0.15, 0.2) is 0 Å². The summed E-state index contributed by atoms with van der Waals surface area (Å²) in [6.07, 6.45) is 1.55. The molecular formula is C10H14Cl2O2S. The van der Waals surface area contributed by atoms with E-state index in [1.807, 2.05) is 12.1 Å². The number of thiophene rings is 1. The van der Waals surface area contributed by atoms with Crippen LogP contribution < -0.4 is 0 Å². The maximum Gasteiger partial charge on any atom is 0.203 e. The quantitative estimate of drug-likeness (QED) is 0.576. The largest absolute Gasteiger partial charge is 0.349 e. The lowest BCUT2D eigenvalue weighted by Crippen LogP contribution is -2.29. The van der Waals surface area contributed by atoms with Crippen LogP contribution in [0.1, 0.15) is 17.7 Å². The molecule has 0 aliphatic carbocycles. The molecule has 0 radical (unpaired) electrons. The summed E-state index contributed by atoms with van der Waals surface area (Å²) in [5, 5.41) is 0. The topological polar surface area (TPSA) is 18.5 Å². The lowest BCUT2D eigenvalue weighted by molar-refractivity contribution is -0.217. The lowest BCUT2D eigenvalue weighted by Gasteiger charge is -2.29. The summed E-state index contributed by atoms with van der Waals surface area (Å²) in [5.74, 6) is -0.111. The number of hydrogen-bond acceptors (Lipinski definition) is 3. The van der Waals surface area contributed by atoms with Gasteiger partial charge >= 0.3 is 0 Å². The van der Waals surface area contributed by atoms with Crippen molar-refractivity contribution in [3.63, 3.8) is 0 Å². The van der Waals surface area contributed by atoms with E-state index >= 15 is 0 Å². The molecule has 86 valence electrons. The zero-order valence-electron chi connectivity index (χ0n) is 8.76. The Labute approximate surface area is 104 Å². The zero-order valence-corrected chi connectivity index (χ0v) is 11.1. The Morgan fingerprint density at radius 1 is 1.33 bits per heavy atom. The first-order chi connectivity index (χ1) is 7.18. The minimum atomic E-state index is -0.702. The van der Waals surface area contributed by atoms with E-state index in [-0.39, 0.29) is 0 Å². The van der Waals surface area contributed by atoms with Crippen LogP contribution in [-0.2, 0) is 15.3 Å². The maximum absolute atomic E-state index is 5.90. The molecule has 0 amide bonds. The molecular weight excluding hydrogens is 255 g/mol. The number of alkyl halides is 1. The third kappa shape index (κ3) is 3.08. The van der Waals surface area contributed by atoms with Crippen molar-refractivity contribution in [2.45, 2.75) is 18.6 Å². The highest BCUT2D eigenvalue weighted by Gasteiger charge is 2.33. The van der Waals surface area contributed by atoms with Gasteiger partial charge in [0.05, 0.1) is 9.21 Å². The van der Waals surface area contributed by atoms with Gasteiger partial charge in [0.2, 0.25) is 5.79 Å². The van der Waals surface area contributed by atoms with E-state index in [0.29, 0.717) is 5.88 Å². The predicted molar refractivity (Wildman–Crippen MR) is 65.0 cm³/mol. The fraction of sp³-hybridized carbons (Fsp3) is 0.600. The molecule has 1 rings (SSSR count). The number of hydrogen-bond donors (Lipinski definition) is 0. The molecule has 0 atom stereocenters. The highest BCUT2D eigenvalue weighted by molar-refractivity contribution is 7.16. The summed E-state index contributed by atoms with van der Waals surface area (Å²) in [5.41, 5.74) is 0. The molecule has 5 heteroatoms. The molecule has 1 heterocycles. The third-order valence-electron chi connectivity index (χ3n) is 2.25. The normalized spacial score (nSPS) is 12.0. The van der Waals surface area contributed by atoms with Crippen LogP contribution in [0.2, 0.25) is 4.34 Å². The van der Waals surface area contributed by atoms with Gasteiger partial charge in [-0.05, 0) is 18.6 Å². The SMILES string of the molecule is COC(CCCCl)(OC)c1ccc(Cl)s1. The van der Waals surface area contributed by atoms with Gasteiger partial charge in [0, 0.05) is 26.5 Å². The van der Waals surface area contributed by atoms with E-state index in [2.05, 4.69) is 0 Å². The second-order valence-electron chi connectivity index (χ2n) is 3.06. The van der Waals surface area contributed by atoms with Crippen LogP contribution in [0, 0.1) is 0 Å². The van der Waals surface area contributed by atoms with Crippen LogP contribution in [0.4, 0.5) is 0 Å². The first kappa shape index (κ1) is 13.3. The monoisotopic (exact) mass is 268 g/mol. The maximum atomic E-state index is 5.90. The first-order valence-electron chi connectivity index (χ1n) is 4.60. The molecule has 2 nitrogen and oxygen atoms in total. The summed E-state index contributed by atoms with van der Waals surface area (Å²) in [7, 11) is 3.26. The number of ether oxygens (including phenoxy) is 2. The van der Waals surface area contributed by atoms with Gasteiger partial charge in [-0.3, -0.25) is 0 Å². The van der Waals surface area contributed by atoms with Gasteiger partial charge in [-0.25, -0.2) is 0 Å². The van der Waals surface area contributed by atoms with Crippen molar-refractivity contribution < 1.29 is 9.47 Å². The van der Waals surface area contributed by atoms with Crippen LogP contribution >= 0.6 is 34.5 Å². The summed E-state index contributed by atoms with van der Waals surface area (Å²) in [4.78, 5) is 0.975. The van der Waals surface area contributed by atoms with E-state index in [4.69, 9.17) is 32.7 Å². The molecule has 0 aliphatic rings. The first-order valence-corrected chi connectivity index (χ1v) is 6.33. The molecule has 1 aromatic heterocycles. The van der Waals surface area contributed by atoms with E-state index < -0.39 is 5.79 Å². The van der Waals surface area contributed by atoms with E-state index in [0.717, 1.165) is 22.1 Å². The second-order valence-corrected chi connectivity index (χ2v) is 5.15. The summed E-state index contributed by atoms with van der Waals surface area (Å²) in [6, 6.07) is 3.77. The van der Waals surface area contributed by atoms with Crippen molar-refractivity contribution >= 4 is 34.5 Å². The van der Waals surface area contributed by atoms with Crippen LogP contribution in [0.5, 0.6) is 0 Å². The lowest BCUT2D eigenvalue weighted by atomic mass is 10.1. The summed E-state index contributed by atoms with van der Waals surface area (Å²) >= 11 is 13.0. The Morgan fingerprint density at radius 3 is 2.40 bits per heavy atom. The van der Waals surface area contributed by atoms with E-state index in [9.17, 15) is 0 Å². The van der Waals surface area contributed by atoms with Crippen molar-refractivity contribution in [1.82, 2.24) is 0 Å². The smallest absolute Gasteiger partial charge is 0.203 e. The van der Waals surface area contributed by atoms with Crippen molar-refractivity contribution in [3.8, 4) is 0 Å². The zero-order chi connectivity index (χ0) is 11.3. The molecule has 0 saturated heterocycles. The van der Waals surface area contributed by atoms with Crippen LogP contribution in [-0.4, -0.2) is 20.1 Å². The third-order valence-corrected chi connectivity index (χ3v) is 3.87. The second kappa shape index (κ2) is 6.06. The average molecular weight is 269 g/mol. The summed E-state index contributed by atoms with van der Waals surface area (Å²) in [6.45, 7) is 0. The number of rotatable bonds is 6. The van der Waals surface area contributed by atoms with Crippen molar-refractivity contribution in [1.29, 1.82) is 0 Å². The average Bonchev–Trinajstić information content (AvgIpc) is 2.68. The van der Waals surface area contributed by atoms with Crippen molar-refractivity contribution in [2.75, 3.05) is 20.1 Å². The van der Waals surface area contributed by atoms with Gasteiger partial charge in [0.25, 0.3) is 0 Å². The van der Waals surface area contributed by atoms with Crippen molar-refractivity contribution in [3.05, 3.63) is 21.3 Å². The Morgan fingerprint density at radius 2 is 2.00 bits per heavy atom. The Balaban J connectivity index is 2.88. The summed E-state index contributed by atoms with van der Waals surface area (Å²) < 4.78 is 11.6. The number of halogens is 2. The molecule has 1 aromatic rings. The fourth-order valence-corrected chi connectivity index (χ4v) is 2.78. The molecule has 0 aromatic carbocycles. The van der Waals surface area contributed by atoms with Gasteiger partial charge < -0.3 is 9.47 Å². The van der Waals surface area contributed by atoms with Crippen LogP contribution in [0.3, 0.4) is 0 Å². The van der Waals surface area contributed by atoms with E-state index in [1.54, 1.807) is 14.2 Å². The molecule has 0 unspecified atom stereocenters. The standard InChI is InChI=1S/C10H14Cl2O2S/c1-13-10(14-2,6-3-7-11)8-4-5-9(12)15-8/h4-5H,3,6-7H2,1-2H3. The van der Waals surface area contributed by atoms with Gasteiger partial charge in [-0.2, -0.15) is 0 Å². The minimum Gasteiger partial charge on any atom is -0.349 e. The van der Waals surface area contributed by atoms with Crippen LogP contribution in [0.15, 0.2) is 12.1 Å². The van der Waals surface area contributed by atoms with Gasteiger partial charge in [-0.15, -0.1) is 22.9 Å². The molecule has 0 fully saturated rings. The Hall–Kier alpha value is 0.200. The van der Waals surface area contributed by atoms with E-state index in [1.165, 1.54) is 11.3 Å². The molecule has 0 spiro atoms. The Bertz CT molecular complexity index is 297. The number of methoxy groups -OCH3 is 2. The molecule has 0 bridgehead atoms. The predicted octanol–water partition coefficient (Wildman–Crippen LogP) is 3.87. The molecule has 0 saturated carbocycles. The molecule has 0 N–H and O–H groups in total. The van der Waals surface area contributed by atoms with Gasteiger partial charge in [0.1, 0.15) is 0 Å².